The largest absolute Gasteiger partial charge is 0.399 e. The fourth-order valence-electron chi connectivity index (χ4n) is 2.12. The summed E-state index contributed by atoms with van der Waals surface area (Å²) in [5.41, 5.74) is 13.9. The van der Waals surface area contributed by atoms with Crippen LogP contribution in [0.2, 0.25) is 5.02 Å². The van der Waals surface area contributed by atoms with E-state index < -0.39 is 0 Å². The van der Waals surface area contributed by atoms with Crippen molar-refractivity contribution in [2.45, 2.75) is 13.1 Å². The number of nitrogens with two attached hydrogens (primary N) is 2. The van der Waals surface area contributed by atoms with Crippen LogP contribution in [0.25, 0.3) is 0 Å². The highest BCUT2D eigenvalue weighted by molar-refractivity contribution is 6.30. The van der Waals surface area contributed by atoms with Crippen molar-refractivity contribution >= 4 is 23.2 Å². The van der Waals surface area contributed by atoms with Gasteiger partial charge in [-0.15, -0.1) is 0 Å². The highest BCUT2D eigenvalue weighted by atomic mass is 35.5. The van der Waals surface area contributed by atoms with Gasteiger partial charge in [0.05, 0.1) is 6.54 Å². The second-order valence-electron chi connectivity index (χ2n) is 4.98. The number of amides is 1. The lowest BCUT2D eigenvalue weighted by atomic mass is 10.1. The first-order valence-electron chi connectivity index (χ1n) is 6.62. The molecule has 0 radical (unpaired) electrons. The first-order valence-corrected chi connectivity index (χ1v) is 7.00. The fourth-order valence-corrected chi connectivity index (χ4v) is 2.24. The summed E-state index contributed by atoms with van der Waals surface area (Å²) in [6.07, 6.45) is 0. The number of anilines is 1. The van der Waals surface area contributed by atoms with Crippen LogP contribution in [0.5, 0.6) is 0 Å². The smallest absolute Gasteiger partial charge is 0.231 e. The molecule has 1 amide bonds. The summed E-state index contributed by atoms with van der Waals surface area (Å²) in [5, 5.41) is 0.693. The molecule has 0 fully saturated rings. The minimum atomic E-state index is -0.348. The monoisotopic (exact) mass is 303 g/mol. The molecule has 0 aliphatic rings. The normalized spacial score (nSPS) is 10.8. The summed E-state index contributed by atoms with van der Waals surface area (Å²) in [6, 6.07) is 15.2. The Kier molecular flexibility index (Phi) is 5.20. The molecular weight excluding hydrogens is 286 g/mol. The molecule has 0 heterocycles. The molecule has 0 unspecified atom stereocenters. The zero-order valence-corrected chi connectivity index (χ0v) is 12.4. The fraction of sp³-hybridized carbons (Fsp3) is 0.188. The number of nitrogens with zero attached hydrogens (tertiary/aromatic N) is 1. The Labute approximate surface area is 129 Å². The van der Waals surface area contributed by atoms with Crippen molar-refractivity contribution in [1.29, 1.82) is 0 Å². The van der Waals surface area contributed by atoms with Crippen LogP contribution in [-0.2, 0) is 17.9 Å². The number of carbonyl (C=O) groups excluding carboxylic acids is 1. The van der Waals surface area contributed by atoms with Crippen LogP contribution in [0.15, 0.2) is 48.5 Å². The predicted octanol–water partition coefficient (Wildman–Crippen LogP) is 2.41. The lowest BCUT2D eigenvalue weighted by Gasteiger charge is -2.21. The van der Waals surface area contributed by atoms with Crippen LogP contribution in [0.1, 0.15) is 11.1 Å². The van der Waals surface area contributed by atoms with Gasteiger partial charge in [0.25, 0.3) is 0 Å². The molecule has 2 aromatic rings. The van der Waals surface area contributed by atoms with E-state index >= 15 is 0 Å². The standard InChI is InChI=1S/C16H18ClN3O/c17-14-5-1-12(2-6-14)9-20(11-16(19)21)10-13-3-7-15(18)8-4-13/h1-8H,9-11,18H2,(H2,19,21). The van der Waals surface area contributed by atoms with E-state index in [1.165, 1.54) is 0 Å². The minimum Gasteiger partial charge on any atom is -0.399 e. The van der Waals surface area contributed by atoms with Gasteiger partial charge in [-0.05, 0) is 35.4 Å². The Morgan fingerprint density at radius 2 is 1.43 bits per heavy atom. The Morgan fingerprint density at radius 3 is 1.90 bits per heavy atom. The van der Waals surface area contributed by atoms with Gasteiger partial charge in [0, 0.05) is 23.8 Å². The Bertz CT molecular complexity index is 548. The maximum absolute atomic E-state index is 11.2. The molecule has 0 saturated heterocycles. The first-order chi connectivity index (χ1) is 10.0. The third-order valence-electron chi connectivity index (χ3n) is 3.08. The molecule has 0 atom stereocenters. The van der Waals surface area contributed by atoms with Crippen LogP contribution in [0.3, 0.4) is 0 Å². The second-order valence-corrected chi connectivity index (χ2v) is 5.42. The molecule has 2 aromatic carbocycles. The van der Waals surface area contributed by atoms with Gasteiger partial charge in [0.15, 0.2) is 0 Å². The number of carbonyl (C=O) groups is 1. The highest BCUT2D eigenvalue weighted by Crippen LogP contribution is 2.14. The zero-order chi connectivity index (χ0) is 15.2. The maximum Gasteiger partial charge on any atom is 0.231 e. The summed E-state index contributed by atoms with van der Waals surface area (Å²) in [7, 11) is 0. The number of rotatable bonds is 6. The van der Waals surface area contributed by atoms with Gasteiger partial charge in [-0.2, -0.15) is 0 Å². The SMILES string of the molecule is NC(=O)CN(Cc1ccc(N)cc1)Cc1ccc(Cl)cc1. The summed E-state index contributed by atoms with van der Waals surface area (Å²) in [4.78, 5) is 13.2. The molecule has 4 N–H and O–H groups in total. The molecule has 0 aromatic heterocycles. The second kappa shape index (κ2) is 7.11. The van der Waals surface area contributed by atoms with Crippen molar-refractivity contribution in [2.24, 2.45) is 5.73 Å². The van der Waals surface area contributed by atoms with Crippen LogP contribution in [0, 0.1) is 0 Å². The lowest BCUT2D eigenvalue weighted by molar-refractivity contribution is -0.119. The number of halogens is 1. The Balaban J connectivity index is 2.08. The summed E-state index contributed by atoms with van der Waals surface area (Å²) in [5.74, 6) is -0.348. The quantitative estimate of drug-likeness (QED) is 0.805. The van der Waals surface area contributed by atoms with Crippen molar-refractivity contribution < 1.29 is 4.79 Å². The third kappa shape index (κ3) is 5.10. The van der Waals surface area contributed by atoms with E-state index in [4.69, 9.17) is 23.1 Å². The Hall–Kier alpha value is -2.04. The van der Waals surface area contributed by atoms with E-state index in [0.29, 0.717) is 18.1 Å². The van der Waals surface area contributed by atoms with Gasteiger partial charge in [-0.25, -0.2) is 0 Å². The molecule has 0 spiro atoms. The van der Waals surface area contributed by atoms with Crippen molar-refractivity contribution in [3.8, 4) is 0 Å². The molecule has 0 aliphatic heterocycles. The number of nitrogen functional groups attached to an aromatic ring is 1. The van der Waals surface area contributed by atoms with E-state index in [2.05, 4.69) is 0 Å². The average Bonchev–Trinajstić information content (AvgIpc) is 2.43. The number of hydrogen-bond donors (Lipinski definition) is 2. The van der Waals surface area contributed by atoms with Crippen LogP contribution < -0.4 is 11.5 Å². The number of primary amides is 1. The topological polar surface area (TPSA) is 72.4 Å². The van der Waals surface area contributed by atoms with Crippen molar-refractivity contribution in [2.75, 3.05) is 12.3 Å². The van der Waals surface area contributed by atoms with E-state index in [0.717, 1.165) is 16.8 Å². The molecule has 4 nitrogen and oxygen atoms in total. The third-order valence-corrected chi connectivity index (χ3v) is 3.34. The molecule has 0 aliphatic carbocycles. The van der Waals surface area contributed by atoms with Gasteiger partial charge in [-0.3, -0.25) is 9.69 Å². The predicted molar refractivity (Wildman–Crippen MR) is 85.6 cm³/mol. The van der Waals surface area contributed by atoms with Crippen molar-refractivity contribution in [3.63, 3.8) is 0 Å². The lowest BCUT2D eigenvalue weighted by Crippen LogP contribution is -2.33. The van der Waals surface area contributed by atoms with Gasteiger partial charge in [0.2, 0.25) is 5.91 Å². The first kappa shape index (κ1) is 15.4. The molecular formula is C16H18ClN3O. The highest BCUT2D eigenvalue weighted by Gasteiger charge is 2.10. The van der Waals surface area contributed by atoms with E-state index in [1.54, 1.807) is 0 Å². The van der Waals surface area contributed by atoms with Crippen molar-refractivity contribution in [3.05, 3.63) is 64.7 Å². The van der Waals surface area contributed by atoms with Gasteiger partial charge in [0.1, 0.15) is 0 Å². The molecule has 0 saturated carbocycles. The summed E-state index contributed by atoms with van der Waals surface area (Å²) in [6.45, 7) is 1.46. The number of hydrogen-bond acceptors (Lipinski definition) is 3. The molecule has 0 bridgehead atoms. The summed E-state index contributed by atoms with van der Waals surface area (Å²) < 4.78 is 0. The van der Waals surface area contributed by atoms with Crippen LogP contribution >= 0.6 is 11.6 Å². The van der Waals surface area contributed by atoms with Crippen molar-refractivity contribution in [1.82, 2.24) is 4.90 Å². The molecule has 110 valence electrons. The molecule has 2 rings (SSSR count). The number of benzene rings is 2. The minimum absolute atomic E-state index is 0.201. The Morgan fingerprint density at radius 1 is 0.952 bits per heavy atom. The summed E-state index contributed by atoms with van der Waals surface area (Å²) >= 11 is 5.88. The van der Waals surface area contributed by atoms with Gasteiger partial charge in [-0.1, -0.05) is 35.9 Å². The van der Waals surface area contributed by atoms with E-state index in [9.17, 15) is 4.79 Å². The van der Waals surface area contributed by atoms with Gasteiger partial charge >= 0.3 is 0 Å². The van der Waals surface area contributed by atoms with E-state index in [-0.39, 0.29) is 12.5 Å². The average molecular weight is 304 g/mol. The van der Waals surface area contributed by atoms with Crippen LogP contribution in [-0.4, -0.2) is 17.4 Å². The molecule has 5 heteroatoms. The van der Waals surface area contributed by atoms with E-state index in [1.807, 2.05) is 53.4 Å². The van der Waals surface area contributed by atoms with Crippen LogP contribution in [0.4, 0.5) is 5.69 Å². The van der Waals surface area contributed by atoms with Gasteiger partial charge < -0.3 is 11.5 Å². The zero-order valence-electron chi connectivity index (χ0n) is 11.6. The maximum atomic E-state index is 11.2. The molecule has 21 heavy (non-hydrogen) atoms.